The molecule has 0 saturated carbocycles. The summed E-state index contributed by atoms with van der Waals surface area (Å²) >= 11 is 5.25. The van der Waals surface area contributed by atoms with E-state index in [9.17, 15) is 14.9 Å². The summed E-state index contributed by atoms with van der Waals surface area (Å²) < 4.78 is 5.74. The van der Waals surface area contributed by atoms with Crippen molar-refractivity contribution in [2.24, 2.45) is 0 Å². The van der Waals surface area contributed by atoms with Gasteiger partial charge in [-0.3, -0.25) is 19.9 Å². The maximum absolute atomic E-state index is 11.7. The zero-order valence-electron chi connectivity index (χ0n) is 15.8. The van der Waals surface area contributed by atoms with E-state index in [1.807, 2.05) is 0 Å². The molecule has 152 valence electrons. The Labute approximate surface area is 177 Å². The molecule has 3 aromatic rings. The average Bonchev–Trinajstić information content (AvgIpc) is 2.75. The highest BCUT2D eigenvalue weighted by molar-refractivity contribution is 7.80. The highest BCUT2D eigenvalue weighted by Gasteiger charge is 2.08. The number of non-ortho nitro benzene ring substituents is 1. The average molecular weight is 423 g/mol. The van der Waals surface area contributed by atoms with E-state index in [0.717, 1.165) is 0 Å². The van der Waals surface area contributed by atoms with Gasteiger partial charge in [0.05, 0.1) is 4.92 Å². The van der Waals surface area contributed by atoms with Crippen LogP contribution in [-0.2, 0) is 0 Å². The van der Waals surface area contributed by atoms with E-state index in [-0.39, 0.29) is 22.4 Å². The quantitative estimate of drug-likeness (QED) is 0.310. The second-order valence-corrected chi connectivity index (χ2v) is 6.38. The van der Waals surface area contributed by atoms with Crippen LogP contribution in [0, 0.1) is 10.1 Å². The van der Waals surface area contributed by atoms with Gasteiger partial charge in [0, 0.05) is 42.8 Å². The van der Waals surface area contributed by atoms with Gasteiger partial charge in [0.1, 0.15) is 17.2 Å². The summed E-state index contributed by atoms with van der Waals surface area (Å²) in [5, 5.41) is 19.5. The molecule has 1 aromatic heterocycles. The number of rotatable bonds is 6. The molecular weight excluding hydrogens is 406 g/mol. The lowest BCUT2D eigenvalue weighted by molar-refractivity contribution is -0.384. The molecule has 0 bridgehead atoms. The second kappa shape index (κ2) is 9.43. The fourth-order valence-electron chi connectivity index (χ4n) is 2.46. The minimum atomic E-state index is -0.471. The van der Waals surface area contributed by atoms with E-state index in [0.29, 0.717) is 22.9 Å². The normalized spacial score (nSPS) is 10.0. The van der Waals surface area contributed by atoms with Crippen LogP contribution in [0.3, 0.4) is 0 Å². The molecule has 3 rings (SSSR count). The van der Waals surface area contributed by atoms with Gasteiger partial charge in [0.2, 0.25) is 0 Å². The highest BCUT2D eigenvalue weighted by atomic mass is 32.1. The molecule has 10 heteroatoms. The number of benzene rings is 2. The highest BCUT2D eigenvalue weighted by Crippen LogP contribution is 2.23. The molecule has 0 atom stereocenters. The van der Waals surface area contributed by atoms with Gasteiger partial charge in [-0.05, 0) is 48.6 Å². The number of hydrogen-bond donors (Lipinski definition) is 3. The van der Waals surface area contributed by atoms with Crippen LogP contribution in [0.15, 0.2) is 66.9 Å². The van der Waals surface area contributed by atoms with E-state index in [1.165, 1.54) is 25.4 Å². The first-order chi connectivity index (χ1) is 14.4. The van der Waals surface area contributed by atoms with Crippen LogP contribution in [0.1, 0.15) is 10.5 Å². The Bertz CT molecular complexity index is 1090. The number of nitro groups is 1. The van der Waals surface area contributed by atoms with Crippen LogP contribution in [0.25, 0.3) is 0 Å². The zero-order valence-corrected chi connectivity index (χ0v) is 16.6. The summed E-state index contributed by atoms with van der Waals surface area (Å²) in [7, 11) is 1.53. The fourth-order valence-corrected chi connectivity index (χ4v) is 2.70. The van der Waals surface area contributed by atoms with E-state index in [1.54, 1.807) is 48.5 Å². The summed E-state index contributed by atoms with van der Waals surface area (Å²) in [6.45, 7) is 0. The molecule has 0 radical (unpaired) electrons. The second-order valence-electron chi connectivity index (χ2n) is 5.97. The van der Waals surface area contributed by atoms with Gasteiger partial charge in [0.15, 0.2) is 5.11 Å². The first-order valence-electron chi connectivity index (χ1n) is 8.73. The van der Waals surface area contributed by atoms with Crippen molar-refractivity contribution < 1.29 is 14.5 Å². The van der Waals surface area contributed by atoms with Gasteiger partial charge in [-0.25, -0.2) is 0 Å². The summed E-state index contributed by atoms with van der Waals surface area (Å²) in [6, 6.07) is 16.2. The number of carbonyl (C=O) groups excluding carboxylic acids is 1. The van der Waals surface area contributed by atoms with Crippen molar-refractivity contribution in [2.45, 2.75) is 0 Å². The predicted octanol–water partition coefficient (Wildman–Crippen LogP) is 3.95. The largest absolute Gasteiger partial charge is 0.457 e. The van der Waals surface area contributed by atoms with Gasteiger partial charge in [-0.15, -0.1) is 0 Å². The van der Waals surface area contributed by atoms with Crippen molar-refractivity contribution in [3.05, 3.63) is 82.7 Å². The molecule has 0 unspecified atom stereocenters. The number of ether oxygens (including phenoxy) is 1. The maximum atomic E-state index is 11.7. The zero-order chi connectivity index (χ0) is 21.5. The first-order valence-corrected chi connectivity index (χ1v) is 9.14. The van der Waals surface area contributed by atoms with Crippen LogP contribution in [0.4, 0.5) is 17.1 Å². The van der Waals surface area contributed by atoms with E-state index in [4.69, 9.17) is 17.0 Å². The van der Waals surface area contributed by atoms with Gasteiger partial charge >= 0.3 is 0 Å². The summed E-state index contributed by atoms with van der Waals surface area (Å²) in [4.78, 5) is 26.0. The van der Waals surface area contributed by atoms with Gasteiger partial charge < -0.3 is 20.7 Å². The Balaban J connectivity index is 1.60. The lowest BCUT2D eigenvalue weighted by Gasteiger charge is -2.11. The van der Waals surface area contributed by atoms with Crippen LogP contribution < -0.4 is 20.7 Å². The fraction of sp³-hybridized carbons (Fsp3) is 0.0500. The van der Waals surface area contributed by atoms with Crippen molar-refractivity contribution in [2.75, 3.05) is 17.7 Å². The Morgan fingerprint density at radius 3 is 2.47 bits per heavy atom. The van der Waals surface area contributed by atoms with Crippen LogP contribution in [0.2, 0.25) is 0 Å². The summed E-state index contributed by atoms with van der Waals surface area (Å²) in [5.41, 5.74) is 1.43. The number of pyridine rings is 1. The standard InChI is InChI=1S/C20H17N5O4S/c1-21-19(26)18-12-17(9-10-22-18)29-16-7-5-13(6-8-16)23-20(30)24-14-3-2-4-15(11-14)25(27)28/h2-12H,1H3,(H,21,26)(H2,23,24,30). The lowest BCUT2D eigenvalue weighted by atomic mass is 10.3. The number of amides is 1. The molecule has 0 aliphatic carbocycles. The molecular formula is C20H17N5O4S. The maximum Gasteiger partial charge on any atom is 0.271 e. The van der Waals surface area contributed by atoms with E-state index in [2.05, 4.69) is 20.9 Å². The Morgan fingerprint density at radius 2 is 1.77 bits per heavy atom. The van der Waals surface area contributed by atoms with Gasteiger partial charge in [0.25, 0.3) is 11.6 Å². The third-order valence-electron chi connectivity index (χ3n) is 3.85. The van der Waals surface area contributed by atoms with E-state index < -0.39 is 4.92 Å². The van der Waals surface area contributed by atoms with Crippen LogP contribution in [0.5, 0.6) is 11.5 Å². The molecule has 9 nitrogen and oxygen atoms in total. The monoisotopic (exact) mass is 423 g/mol. The molecule has 0 aliphatic rings. The SMILES string of the molecule is CNC(=O)c1cc(Oc2ccc(NC(=S)Nc3cccc([N+](=O)[O-])c3)cc2)ccn1. The molecule has 3 N–H and O–H groups in total. The smallest absolute Gasteiger partial charge is 0.271 e. The van der Waals surface area contributed by atoms with Crippen LogP contribution in [-0.4, -0.2) is 28.0 Å². The molecule has 0 aliphatic heterocycles. The number of nitrogens with zero attached hydrogens (tertiary/aromatic N) is 2. The number of anilines is 2. The third-order valence-corrected chi connectivity index (χ3v) is 4.06. The van der Waals surface area contributed by atoms with Crippen LogP contribution >= 0.6 is 12.2 Å². The number of aromatic nitrogens is 1. The predicted molar refractivity (Wildman–Crippen MR) is 117 cm³/mol. The van der Waals surface area contributed by atoms with Crippen molar-refractivity contribution in [3.63, 3.8) is 0 Å². The number of carbonyl (C=O) groups is 1. The minimum absolute atomic E-state index is 0.0278. The molecule has 1 amide bonds. The van der Waals surface area contributed by atoms with Gasteiger partial charge in [-0.2, -0.15) is 0 Å². The molecule has 0 saturated heterocycles. The Morgan fingerprint density at radius 1 is 1.03 bits per heavy atom. The van der Waals surface area contributed by atoms with Gasteiger partial charge in [-0.1, -0.05) is 6.07 Å². The van der Waals surface area contributed by atoms with Crippen molar-refractivity contribution in [1.82, 2.24) is 10.3 Å². The number of nitrogens with one attached hydrogen (secondary N) is 3. The van der Waals surface area contributed by atoms with Crippen molar-refractivity contribution in [1.29, 1.82) is 0 Å². The lowest BCUT2D eigenvalue weighted by Crippen LogP contribution is -2.19. The molecule has 2 aromatic carbocycles. The molecule has 0 spiro atoms. The number of hydrogen-bond acceptors (Lipinski definition) is 6. The topological polar surface area (TPSA) is 118 Å². The Hall–Kier alpha value is -4.05. The third kappa shape index (κ3) is 5.49. The summed E-state index contributed by atoms with van der Waals surface area (Å²) in [5.74, 6) is 0.740. The number of thiocarbonyl (C=S) groups is 1. The summed E-state index contributed by atoms with van der Waals surface area (Å²) in [6.07, 6.45) is 1.49. The van der Waals surface area contributed by atoms with Crippen molar-refractivity contribution >= 4 is 40.3 Å². The minimum Gasteiger partial charge on any atom is -0.457 e. The Kier molecular flexibility index (Phi) is 6.50. The van der Waals surface area contributed by atoms with E-state index >= 15 is 0 Å². The molecule has 30 heavy (non-hydrogen) atoms. The molecule has 1 heterocycles. The number of nitro benzene ring substituents is 1. The first kappa shape index (κ1) is 20.7. The molecule has 0 fully saturated rings. The van der Waals surface area contributed by atoms with Crippen molar-refractivity contribution in [3.8, 4) is 11.5 Å².